The lowest BCUT2D eigenvalue weighted by Crippen LogP contribution is -2.42. The van der Waals surface area contributed by atoms with Gasteiger partial charge in [0, 0.05) is 30.3 Å². The first-order chi connectivity index (χ1) is 13.0. The highest BCUT2D eigenvalue weighted by Gasteiger charge is 2.33. The van der Waals surface area contributed by atoms with E-state index in [1.807, 2.05) is 12.1 Å². The molecular weight excluding hydrogens is 331 g/mol. The lowest BCUT2D eigenvalue weighted by molar-refractivity contribution is 0.512. The minimum Gasteiger partial charge on any atom is -0.508 e. The van der Waals surface area contributed by atoms with Crippen molar-refractivity contribution in [1.29, 1.82) is 0 Å². The Morgan fingerprint density at radius 3 is 2.93 bits per heavy atom. The Kier molecular flexibility index (Phi) is 4.57. The molecule has 2 aromatic carbocycles. The molecule has 0 aliphatic carbocycles. The van der Waals surface area contributed by atoms with Crippen LogP contribution in [0.15, 0.2) is 67.4 Å². The average Bonchev–Trinajstić information content (AvgIpc) is 3.26. The molecule has 0 amide bonds. The number of nitrogens with one attached hydrogen (secondary N) is 1. The third kappa shape index (κ3) is 3.40. The quantitative estimate of drug-likeness (QED) is 0.501. The molecule has 3 heterocycles. The molecule has 0 spiro atoms. The summed E-state index contributed by atoms with van der Waals surface area (Å²) in [6.45, 7) is 6.32. The van der Waals surface area contributed by atoms with E-state index in [-0.39, 0.29) is 5.76 Å². The number of aryl methyl sites for hydroxylation is 2. The van der Waals surface area contributed by atoms with E-state index in [9.17, 15) is 5.11 Å². The third-order valence-electron chi connectivity index (χ3n) is 5.68. The topological polar surface area (TPSA) is 37.2 Å². The van der Waals surface area contributed by atoms with Gasteiger partial charge in [0.05, 0.1) is 0 Å². The molecule has 1 unspecified atom stereocenters. The predicted molar refractivity (Wildman–Crippen MR) is 115 cm³/mol. The molecule has 5 rings (SSSR count). The van der Waals surface area contributed by atoms with Gasteiger partial charge < -0.3 is 15.0 Å². The first-order valence-corrected chi connectivity index (χ1v) is 9.46. The van der Waals surface area contributed by atoms with Crippen molar-refractivity contribution in [3.8, 4) is 0 Å². The second-order valence-corrected chi connectivity index (χ2v) is 7.58. The zero-order valence-electron chi connectivity index (χ0n) is 15.9. The summed E-state index contributed by atoms with van der Waals surface area (Å²) in [4.78, 5) is 0. The number of hydrogen-bond donors (Lipinski definition) is 2. The molecule has 27 heavy (non-hydrogen) atoms. The molecular formula is C23H25BN2O. The van der Waals surface area contributed by atoms with Gasteiger partial charge in [0.1, 0.15) is 5.76 Å². The van der Waals surface area contributed by atoms with Crippen molar-refractivity contribution >= 4 is 23.4 Å². The maximum Gasteiger partial charge on any atom is 0.198 e. The number of aromatic nitrogens is 1. The Bertz CT molecular complexity index is 1030. The van der Waals surface area contributed by atoms with E-state index >= 15 is 0 Å². The van der Waals surface area contributed by atoms with Crippen molar-refractivity contribution in [3.63, 3.8) is 0 Å². The van der Waals surface area contributed by atoms with E-state index < -0.39 is 0 Å². The lowest BCUT2D eigenvalue weighted by Gasteiger charge is -2.27. The summed E-state index contributed by atoms with van der Waals surface area (Å²) in [5.41, 5.74) is 6.15. The highest BCUT2D eigenvalue weighted by Crippen LogP contribution is 2.28. The van der Waals surface area contributed by atoms with Crippen LogP contribution < -0.4 is 5.32 Å². The van der Waals surface area contributed by atoms with Crippen LogP contribution in [0, 0.1) is 6.92 Å². The fourth-order valence-electron chi connectivity index (χ4n) is 4.16. The van der Waals surface area contributed by atoms with Crippen LogP contribution >= 0.6 is 0 Å². The summed E-state index contributed by atoms with van der Waals surface area (Å²) < 4.78 is 2.14. The van der Waals surface area contributed by atoms with Crippen LogP contribution in [-0.4, -0.2) is 22.3 Å². The van der Waals surface area contributed by atoms with Gasteiger partial charge >= 0.3 is 0 Å². The SMILES string of the molecule is C=C(O)c1cccc2c1CB1C=CNC1C2.Cc1ccc2ccn(C)c2c1. The normalized spacial score (nSPS) is 17.0. The van der Waals surface area contributed by atoms with Crippen molar-refractivity contribution in [3.05, 3.63) is 89.7 Å². The Hall–Kier alpha value is -2.88. The van der Waals surface area contributed by atoms with Crippen molar-refractivity contribution in [2.75, 3.05) is 0 Å². The molecule has 0 bridgehead atoms. The molecule has 0 radical (unpaired) electrons. The van der Waals surface area contributed by atoms with Crippen molar-refractivity contribution in [2.24, 2.45) is 7.05 Å². The largest absolute Gasteiger partial charge is 0.508 e. The monoisotopic (exact) mass is 356 g/mol. The second-order valence-electron chi connectivity index (χ2n) is 7.58. The average molecular weight is 356 g/mol. The zero-order valence-corrected chi connectivity index (χ0v) is 15.9. The number of fused-ring (bicyclic) bond motifs is 3. The minimum atomic E-state index is 0.185. The predicted octanol–water partition coefficient (Wildman–Crippen LogP) is 4.40. The highest BCUT2D eigenvalue weighted by atomic mass is 16.3. The summed E-state index contributed by atoms with van der Waals surface area (Å²) in [7, 11) is 2.07. The van der Waals surface area contributed by atoms with Crippen molar-refractivity contribution < 1.29 is 5.11 Å². The number of nitrogens with zero attached hydrogens (tertiary/aromatic N) is 1. The van der Waals surface area contributed by atoms with Gasteiger partial charge in [-0.3, -0.25) is 0 Å². The first kappa shape index (κ1) is 17.5. The van der Waals surface area contributed by atoms with Gasteiger partial charge in [0.15, 0.2) is 6.71 Å². The molecule has 2 aliphatic heterocycles. The van der Waals surface area contributed by atoms with Gasteiger partial charge in [-0.25, -0.2) is 0 Å². The van der Waals surface area contributed by atoms with E-state index in [0.29, 0.717) is 12.7 Å². The summed E-state index contributed by atoms with van der Waals surface area (Å²) in [5, 5.41) is 14.3. The maximum absolute atomic E-state index is 9.59. The summed E-state index contributed by atoms with van der Waals surface area (Å²) in [5.74, 6) is 2.95. The van der Waals surface area contributed by atoms with Gasteiger partial charge in [0.25, 0.3) is 0 Å². The third-order valence-corrected chi connectivity index (χ3v) is 5.68. The van der Waals surface area contributed by atoms with Crippen LogP contribution in [0.25, 0.3) is 16.7 Å². The van der Waals surface area contributed by atoms with E-state index in [1.54, 1.807) is 0 Å². The van der Waals surface area contributed by atoms with Crippen molar-refractivity contribution in [1.82, 2.24) is 9.88 Å². The van der Waals surface area contributed by atoms with Crippen LogP contribution in [0.3, 0.4) is 0 Å². The number of aliphatic hydroxyl groups is 1. The van der Waals surface area contributed by atoms with Crippen LogP contribution in [0.4, 0.5) is 0 Å². The molecule has 0 saturated heterocycles. The van der Waals surface area contributed by atoms with Crippen molar-refractivity contribution in [2.45, 2.75) is 25.6 Å². The molecule has 2 aliphatic rings. The highest BCUT2D eigenvalue weighted by molar-refractivity contribution is 6.66. The molecule has 3 nitrogen and oxygen atoms in total. The van der Waals surface area contributed by atoms with E-state index in [2.05, 4.69) is 79.1 Å². The molecule has 136 valence electrons. The molecule has 4 heteroatoms. The second kappa shape index (κ2) is 7.03. The Labute approximate surface area is 161 Å². The van der Waals surface area contributed by atoms with Gasteiger partial charge in [0.2, 0.25) is 0 Å². The van der Waals surface area contributed by atoms with E-state index in [0.717, 1.165) is 18.3 Å². The number of benzene rings is 2. The summed E-state index contributed by atoms with van der Waals surface area (Å²) in [6.07, 6.45) is 6.17. The fraction of sp³-hybridized carbons (Fsp3) is 0.217. The maximum atomic E-state index is 9.59. The smallest absolute Gasteiger partial charge is 0.198 e. The van der Waals surface area contributed by atoms with Crippen LogP contribution in [0.1, 0.15) is 22.3 Å². The molecule has 0 saturated carbocycles. The number of aliphatic hydroxyl groups excluding tert-OH is 1. The minimum absolute atomic E-state index is 0.185. The van der Waals surface area contributed by atoms with Gasteiger partial charge in [-0.1, -0.05) is 42.9 Å². The Morgan fingerprint density at radius 2 is 2.11 bits per heavy atom. The molecule has 2 N–H and O–H groups in total. The molecule has 1 atom stereocenters. The fourth-order valence-corrected chi connectivity index (χ4v) is 4.16. The van der Waals surface area contributed by atoms with Gasteiger partial charge in [-0.15, -0.1) is 0 Å². The summed E-state index contributed by atoms with van der Waals surface area (Å²) in [6, 6.07) is 14.7. The molecule has 3 aromatic rings. The number of hydrogen-bond acceptors (Lipinski definition) is 2. The standard InChI is InChI=1S/C13H14BNO.C10H11N/c1-9(16)11-4-2-3-10-7-13-14(5-6-15-13)8-12(10)11;1-8-3-4-9-5-6-11(2)10(9)7-8/h2-6,13,15-16H,1,7-8H2;3-7H,1-2H3. The molecule has 1 aromatic heterocycles. The van der Waals surface area contributed by atoms with E-state index in [4.69, 9.17) is 0 Å². The van der Waals surface area contributed by atoms with Gasteiger partial charge in [-0.2, -0.15) is 0 Å². The molecule has 0 fully saturated rings. The van der Waals surface area contributed by atoms with Crippen LogP contribution in [0.2, 0.25) is 0 Å². The van der Waals surface area contributed by atoms with E-state index in [1.165, 1.54) is 27.6 Å². The van der Waals surface area contributed by atoms with Crippen LogP contribution in [0.5, 0.6) is 0 Å². The number of rotatable bonds is 1. The zero-order chi connectivity index (χ0) is 19.0. The first-order valence-electron chi connectivity index (χ1n) is 9.46. The van der Waals surface area contributed by atoms with Gasteiger partial charge in [-0.05, 0) is 60.1 Å². The Morgan fingerprint density at radius 1 is 1.26 bits per heavy atom. The lowest BCUT2D eigenvalue weighted by atomic mass is 9.39. The Balaban J connectivity index is 0.000000143. The summed E-state index contributed by atoms with van der Waals surface area (Å²) >= 11 is 0. The van der Waals surface area contributed by atoms with Crippen LogP contribution in [-0.2, 0) is 19.8 Å².